The third-order valence-electron chi connectivity index (χ3n) is 3.74. The molecule has 94 valence electrons. The molecule has 0 bridgehead atoms. The van der Waals surface area contributed by atoms with Gasteiger partial charge in [0.25, 0.3) is 0 Å². The molecule has 3 rings (SSSR count). The van der Waals surface area contributed by atoms with Crippen LogP contribution >= 0.6 is 0 Å². The summed E-state index contributed by atoms with van der Waals surface area (Å²) in [7, 11) is 2.13. The molecule has 0 unspecified atom stereocenters. The predicted molar refractivity (Wildman–Crippen MR) is 73.2 cm³/mol. The molecule has 1 aromatic heterocycles. The van der Waals surface area contributed by atoms with Gasteiger partial charge in [0.1, 0.15) is 6.33 Å². The first-order chi connectivity index (χ1) is 8.70. The van der Waals surface area contributed by atoms with E-state index in [4.69, 9.17) is 0 Å². The van der Waals surface area contributed by atoms with E-state index in [0.29, 0.717) is 6.33 Å². The summed E-state index contributed by atoms with van der Waals surface area (Å²) in [4.78, 5) is 2.31. The highest BCUT2D eigenvalue weighted by atomic mass is 19.1. The van der Waals surface area contributed by atoms with Gasteiger partial charge in [-0.05, 0) is 31.7 Å². The number of rotatable bonds is 1. The Morgan fingerprint density at radius 2 is 2.17 bits per heavy atom. The van der Waals surface area contributed by atoms with Crippen molar-refractivity contribution in [2.24, 2.45) is 0 Å². The smallest absolute Gasteiger partial charge is 0.103 e. The van der Waals surface area contributed by atoms with E-state index in [0.717, 1.165) is 25.0 Å². The van der Waals surface area contributed by atoms with E-state index in [1.807, 2.05) is 4.57 Å². The molecule has 18 heavy (non-hydrogen) atoms. The monoisotopic (exact) mass is 244 g/mol. The van der Waals surface area contributed by atoms with Crippen LogP contribution in [0.4, 0.5) is 4.39 Å². The van der Waals surface area contributed by atoms with Gasteiger partial charge < -0.3 is 9.47 Å². The number of likely N-dealkylation sites (N-methyl/N-ethyl adjacent to an activating group) is 1. The van der Waals surface area contributed by atoms with Crippen molar-refractivity contribution in [2.75, 3.05) is 13.6 Å². The van der Waals surface area contributed by atoms with E-state index < -0.39 is 0 Å². The molecule has 0 aliphatic carbocycles. The second-order valence-electron chi connectivity index (χ2n) is 5.08. The fraction of sp³-hybridized carbons (Fsp3) is 0.333. The summed E-state index contributed by atoms with van der Waals surface area (Å²) >= 11 is 0. The first-order valence-electron chi connectivity index (χ1n) is 6.28. The zero-order valence-corrected chi connectivity index (χ0v) is 10.8. The molecule has 0 N–H and O–H groups in total. The highest BCUT2D eigenvalue weighted by Crippen LogP contribution is 2.31. The fourth-order valence-corrected chi connectivity index (χ4v) is 2.87. The van der Waals surface area contributed by atoms with Gasteiger partial charge in [0.05, 0.1) is 5.52 Å². The Kier molecular flexibility index (Phi) is 2.71. The Morgan fingerprint density at radius 1 is 1.33 bits per heavy atom. The maximum absolute atomic E-state index is 12.6. The van der Waals surface area contributed by atoms with Crippen molar-refractivity contribution in [1.82, 2.24) is 9.47 Å². The van der Waals surface area contributed by atoms with Gasteiger partial charge in [0.15, 0.2) is 0 Å². The molecule has 2 nitrogen and oxygen atoms in total. The van der Waals surface area contributed by atoms with Crippen LogP contribution in [0.15, 0.2) is 24.5 Å². The van der Waals surface area contributed by atoms with E-state index in [2.05, 4.69) is 37.1 Å². The second-order valence-corrected chi connectivity index (χ2v) is 5.08. The number of halogens is 1. The molecule has 3 heteroatoms. The number of aryl methyl sites for hydroxylation is 1. The van der Waals surface area contributed by atoms with Gasteiger partial charge in [-0.3, -0.25) is 0 Å². The third-order valence-corrected chi connectivity index (χ3v) is 3.74. The summed E-state index contributed by atoms with van der Waals surface area (Å²) < 4.78 is 14.6. The summed E-state index contributed by atoms with van der Waals surface area (Å²) in [5.74, 6) is 0. The van der Waals surface area contributed by atoms with Gasteiger partial charge in [0, 0.05) is 36.8 Å². The number of nitrogens with zero attached hydrogens (tertiary/aromatic N) is 2. The molecule has 1 aliphatic heterocycles. The van der Waals surface area contributed by atoms with E-state index in [1.165, 1.54) is 28.4 Å². The van der Waals surface area contributed by atoms with Crippen molar-refractivity contribution in [3.8, 4) is 0 Å². The molecule has 0 spiro atoms. The number of hydrogen-bond acceptors (Lipinski definition) is 1. The van der Waals surface area contributed by atoms with Gasteiger partial charge in [-0.1, -0.05) is 11.6 Å². The molecule has 0 saturated carbocycles. The van der Waals surface area contributed by atoms with Gasteiger partial charge in [-0.2, -0.15) is 0 Å². The minimum absolute atomic E-state index is 0.623. The second kappa shape index (κ2) is 4.25. The largest absolute Gasteiger partial charge is 0.318 e. The Labute approximate surface area is 106 Å². The number of hydrogen-bond donors (Lipinski definition) is 0. The summed E-state index contributed by atoms with van der Waals surface area (Å²) in [6.07, 6.45) is 3.13. The van der Waals surface area contributed by atoms with Gasteiger partial charge in [-0.25, -0.2) is 4.39 Å². The lowest BCUT2D eigenvalue weighted by Crippen LogP contribution is -2.26. The van der Waals surface area contributed by atoms with Crippen molar-refractivity contribution in [1.29, 1.82) is 0 Å². The van der Waals surface area contributed by atoms with Crippen LogP contribution in [0.1, 0.15) is 16.8 Å². The zero-order valence-electron chi connectivity index (χ0n) is 10.8. The van der Waals surface area contributed by atoms with Gasteiger partial charge in [-0.15, -0.1) is 0 Å². The Hall–Kier alpha value is -1.61. The molecule has 0 saturated heterocycles. The van der Waals surface area contributed by atoms with Crippen molar-refractivity contribution in [3.05, 3.63) is 41.3 Å². The molecule has 2 heterocycles. The van der Waals surface area contributed by atoms with Gasteiger partial charge in [0.2, 0.25) is 0 Å². The molecule has 1 aliphatic rings. The van der Waals surface area contributed by atoms with E-state index in [-0.39, 0.29) is 0 Å². The lowest BCUT2D eigenvalue weighted by Gasteiger charge is -2.23. The van der Waals surface area contributed by atoms with Crippen molar-refractivity contribution in [3.63, 3.8) is 0 Å². The van der Waals surface area contributed by atoms with Crippen LogP contribution < -0.4 is 0 Å². The standard InChI is InChI=1S/C15H17FN2/c1-11-3-4-14-12(9-11)13-10-17(2)7-5-15(13)18(14)8-6-16/h3-4,6,8-9H,5,7,10H2,1-2H3. The lowest BCUT2D eigenvalue weighted by molar-refractivity contribution is 0.312. The highest BCUT2D eigenvalue weighted by molar-refractivity contribution is 5.88. The van der Waals surface area contributed by atoms with Crippen LogP contribution in [-0.2, 0) is 13.0 Å². The number of fused-ring (bicyclic) bond motifs is 3. The van der Waals surface area contributed by atoms with Crippen molar-refractivity contribution >= 4 is 17.1 Å². The van der Waals surface area contributed by atoms with Crippen LogP contribution in [0.3, 0.4) is 0 Å². The third kappa shape index (κ3) is 1.66. The quantitative estimate of drug-likeness (QED) is 0.747. The average Bonchev–Trinajstić information content (AvgIpc) is 2.64. The van der Waals surface area contributed by atoms with E-state index in [1.54, 1.807) is 0 Å². The molecule has 1 aromatic carbocycles. The van der Waals surface area contributed by atoms with Crippen molar-refractivity contribution in [2.45, 2.75) is 19.9 Å². The molecular formula is C15H17FN2. The SMILES string of the molecule is Cc1ccc2c(c1)c1c(n2C=CF)CCN(C)C1. The number of benzene rings is 1. The average molecular weight is 244 g/mol. The van der Waals surface area contributed by atoms with E-state index in [9.17, 15) is 4.39 Å². The minimum Gasteiger partial charge on any atom is -0.318 e. The molecule has 0 radical (unpaired) electrons. The Bertz CT molecular complexity index is 625. The summed E-state index contributed by atoms with van der Waals surface area (Å²) in [6, 6.07) is 6.37. The lowest BCUT2D eigenvalue weighted by atomic mass is 10.0. The number of aromatic nitrogens is 1. The molecule has 0 fully saturated rings. The Morgan fingerprint density at radius 3 is 2.94 bits per heavy atom. The zero-order chi connectivity index (χ0) is 12.7. The van der Waals surface area contributed by atoms with Crippen LogP contribution in [0.5, 0.6) is 0 Å². The van der Waals surface area contributed by atoms with Crippen LogP contribution in [0.2, 0.25) is 0 Å². The van der Waals surface area contributed by atoms with Crippen LogP contribution in [0, 0.1) is 6.92 Å². The highest BCUT2D eigenvalue weighted by Gasteiger charge is 2.21. The molecule has 0 atom stereocenters. The van der Waals surface area contributed by atoms with E-state index >= 15 is 0 Å². The summed E-state index contributed by atoms with van der Waals surface area (Å²) in [6.45, 7) is 4.07. The normalized spacial score (nSPS) is 16.6. The minimum atomic E-state index is 0.623. The first-order valence-corrected chi connectivity index (χ1v) is 6.28. The fourth-order valence-electron chi connectivity index (χ4n) is 2.87. The first kappa shape index (κ1) is 11.5. The molecular weight excluding hydrogens is 227 g/mol. The van der Waals surface area contributed by atoms with Gasteiger partial charge >= 0.3 is 0 Å². The Balaban J connectivity index is 2.33. The summed E-state index contributed by atoms with van der Waals surface area (Å²) in [5.41, 5.74) is 4.96. The maximum Gasteiger partial charge on any atom is 0.103 e. The van der Waals surface area contributed by atoms with Crippen molar-refractivity contribution < 1.29 is 4.39 Å². The maximum atomic E-state index is 12.6. The predicted octanol–water partition coefficient (Wildman–Crippen LogP) is 3.34. The molecule has 0 amide bonds. The topological polar surface area (TPSA) is 8.17 Å². The summed E-state index contributed by atoms with van der Waals surface area (Å²) in [5, 5.41) is 1.26. The van der Waals surface area contributed by atoms with Crippen LogP contribution in [-0.4, -0.2) is 23.1 Å². The van der Waals surface area contributed by atoms with Crippen LogP contribution in [0.25, 0.3) is 17.1 Å². The molecule has 2 aromatic rings.